The molecule has 2 fully saturated rings. The molecule has 2 aromatic carbocycles. The summed E-state index contributed by atoms with van der Waals surface area (Å²) in [4.78, 5) is 29.1. The summed E-state index contributed by atoms with van der Waals surface area (Å²) in [6.07, 6.45) is -0.684. The molecule has 6 nitrogen and oxygen atoms in total. The number of imide groups is 1. The summed E-state index contributed by atoms with van der Waals surface area (Å²) in [5.41, 5.74) is 0.967. The van der Waals surface area contributed by atoms with Gasteiger partial charge in [-0.15, -0.1) is 0 Å². The zero-order valence-corrected chi connectivity index (χ0v) is 21.7. The van der Waals surface area contributed by atoms with E-state index < -0.39 is 11.7 Å². The van der Waals surface area contributed by atoms with Gasteiger partial charge in [0.25, 0.3) is 11.1 Å². The Hall–Kier alpha value is -2.82. The molecule has 4 rings (SSSR count). The van der Waals surface area contributed by atoms with Crippen LogP contribution in [0.25, 0.3) is 6.08 Å². The van der Waals surface area contributed by atoms with Gasteiger partial charge in [-0.2, -0.15) is 13.2 Å². The maximum Gasteiger partial charge on any atom is 0.416 e. The van der Waals surface area contributed by atoms with E-state index in [1.54, 1.807) is 31.2 Å². The molecule has 196 valence electrons. The summed E-state index contributed by atoms with van der Waals surface area (Å²) < 4.78 is 40.3. The predicted octanol–water partition coefficient (Wildman–Crippen LogP) is 6.49. The quantitative estimate of drug-likeness (QED) is 0.290. The molecule has 2 aromatic rings. The fourth-order valence-electron chi connectivity index (χ4n) is 4.37. The van der Waals surface area contributed by atoms with Crippen molar-refractivity contribution in [2.45, 2.75) is 32.5 Å². The second-order valence-corrected chi connectivity index (χ2v) is 10.4. The van der Waals surface area contributed by atoms with Gasteiger partial charge in [-0.05, 0) is 86.1 Å². The molecule has 2 N–H and O–H groups in total. The zero-order chi connectivity index (χ0) is 26.7. The van der Waals surface area contributed by atoms with Gasteiger partial charge in [0.15, 0.2) is 0 Å². The zero-order valence-electron chi connectivity index (χ0n) is 20.1. The van der Waals surface area contributed by atoms with Crippen LogP contribution >= 0.6 is 23.4 Å². The van der Waals surface area contributed by atoms with Crippen molar-refractivity contribution in [3.05, 3.63) is 68.6 Å². The van der Waals surface area contributed by atoms with Crippen molar-refractivity contribution in [1.82, 2.24) is 9.80 Å². The number of anilines is 1. The van der Waals surface area contributed by atoms with Crippen molar-refractivity contribution in [3.63, 3.8) is 0 Å². The minimum absolute atomic E-state index is 0.00286. The number of alkyl halides is 3. The largest absolute Gasteiger partial charge is 0.416 e. The monoisotopic (exact) mass is 550 g/mol. The van der Waals surface area contributed by atoms with Crippen LogP contribution in [0, 0.1) is 5.41 Å². The summed E-state index contributed by atoms with van der Waals surface area (Å²) in [6, 6.07) is 8.64. The highest BCUT2D eigenvalue weighted by atomic mass is 35.5. The number of nitrogens with one attached hydrogen (secondary N) is 2. The summed E-state index contributed by atoms with van der Waals surface area (Å²) in [7, 11) is 0. The highest BCUT2D eigenvalue weighted by Crippen LogP contribution is 2.35. The summed E-state index contributed by atoms with van der Waals surface area (Å²) in [5.74, 6) is -0.341. The number of carbonyl (C=O) groups is 2. The molecule has 0 atom stereocenters. The number of likely N-dealkylation sites (tertiary alicyclic amines) is 1. The van der Waals surface area contributed by atoms with Crippen molar-refractivity contribution in [2.75, 3.05) is 31.5 Å². The average Bonchev–Trinajstić information content (AvgIpc) is 3.44. The number of halogens is 4. The van der Waals surface area contributed by atoms with Crippen molar-refractivity contribution < 1.29 is 22.8 Å². The lowest BCUT2D eigenvalue weighted by Gasteiger charge is -2.18. The molecule has 0 spiro atoms. The third-order valence-electron chi connectivity index (χ3n) is 6.30. The maximum absolute atomic E-state index is 13.4. The van der Waals surface area contributed by atoms with Crippen LogP contribution in [0.4, 0.5) is 23.7 Å². The molecule has 2 aliphatic rings. The number of nitrogens with zero attached hydrogens (tertiary/aromatic N) is 2. The van der Waals surface area contributed by atoms with Crippen LogP contribution in [0.3, 0.4) is 0 Å². The molecule has 2 amide bonds. The lowest BCUT2D eigenvalue weighted by atomic mass is 10.0. The molecular formula is C26H26ClF3N4O2S. The fraction of sp³-hybridized carbons (Fsp3) is 0.346. The Morgan fingerprint density at radius 1 is 1.14 bits per heavy atom. The Morgan fingerprint density at radius 2 is 1.86 bits per heavy atom. The van der Waals surface area contributed by atoms with Gasteiger partial charge in [0, 0.05) is 41.6 Å². The van der Waals surface area contributed by atoms with Crippen LogP contribution in [0.1, 0.15) is 42.0 Å². The number of rotatable bonds is 8. The van der Waals surface area contributed by atoms with Gasteiger partial charge in [-0.25, -0.2) is 0 Å². The highest BCUT2D eigenvalue weighted by molar-refractivity contribution is 8.18. The molecule has 0 radical (unpaired) electrons. The van der Waals surface area contributed by atoms with E-state index in [4.69, 9.17) is 17.0 Å². The Kier molecular flexibility index (Phi) is 8.30. The number of hydrogen-bond acceptors (Lipinski definition) is 6. The Bertz CT molecular complexity index is 1260. The number of hydrogen-bond donors (Lipinski definition) is 2. The first kappa shape index (κ1) is 27.2. The highest BCUT2D eigenvalue weighted by Gasteiger charge is 2.35. The molecule has 0 bridgehead atoms. The average molecular weight is 551 g/mol. The molecular weight excluding hydrogens is 525 g/mol. The standard InChI is InChI=1S/C26H26ClF3N4O2S/c1-16(31)20-12-17(13-23-24(35)34(25(36)37-23)11-10-33-8-2-3-9-33)4-7-22(20)32-15-18-5-6-19(27)14-21(18)26(28,29)30/h4-7,12-14,31-32H,2-3,8-11,15H2,1H3/b23-13-,31-16?. The third-order valence-corrected chi connectivity index (χ3v) is 7.45. The van der Waals surface area contributed by atoms with E-state index in [1.807, 2.05) is 0 Å². The summed E-state index contributed by atoms with van der Waals surface area (Å²) >= 11 is 6.65. The lowest BCUT2D eigenvalue weighted by molar-refractivity contribution is -0.138. The van der Waals surface area contributed by atoms with Gasteiger partial charge in [0.2, 0.25) is 0 Å². The van der Waals surface area contributed by atoms with Crippen LogP contribution in [0.15, 0.2) is 41.3 Å². The molecule has 37 heavy (non-hydrogen) atoms. The molecule has 2 saturated heterocycles. The second kappa shape index (κ2) is 11.3. The fourth-order valence-corrected chi connectivity index (χ4v) is 5.40. The van der Waals surface area contributed by atoms with E-state index in [9.17, 15) is 22.8 Å². The maximum atomic E-state index is 13.4. The topological polar surface area (TPSA) is 76.5 Å². The first-order chi connectivity index (χ1) is 17.5. The molecule has 0 aromatic heterocycles. The minimum atomic E-state index is -4.55. The first-order valence-electron chi connectivity index (χ1n) is 11.8. The van der Waals surface area contributed by atoms with E-state index >= 15 is 0 Å². The van der Waals surface area contributed by atoms with Gasteiger partial charge < -0.3 is 15.6 Å². The van der Waals surface area contributed by atoms with Crippen LogP contribution in [-0.4, -0.2) is 52.8 Å². The van der Waals surface area contributed by atoms with Crippen LogP contribution in [-0.2, 0) is 17.5 Å². The summed E-state index contributed by atoms with van der Waals surface area (Å²) in [6.45, 7) is 4.41. The molecule has 0 saturated carbocycles. The predicted molar refractivity (Wildman–Crippen MR) is 141 cm³/mol. The van der Waals surface area contributed by atoms with Crippen LogP contribution in [0.2, 0.25) is 5.02 Å². The SMILES string of the molecule is CC(=N)c1cc(/C=C2\SC(=O)N(CCN3CCCC3)C2=O)ccc1NCc1ccc(Cl)cc1C(F)(F)F. The molecule has 11 heteroatoms. The molecule has 0 aliphatic carbocycles. The van der Waals surface area contributed by atoms with E-state index in [2.05, 4.69) is 10.2 Å². The van der Waals surface area contributed by atoms with Crippen molar-refractivity contribution >= 4 is 52.0 Å². The van der Waals surface area contributed by atoms with Crippen LogP contribution in [0.5, 0.6) is 0 Å². The Balaban J connectivity index is 1.50. The van der Waals surface area contributed by atoms with E-state index in [-0.39, 0.29) is 34.0 Å². The molecule has 2 heterocycles. The van der Waals surface area contributed by atoms with Crippen molar-refractivity contribution in [3.8, 4) is 0 Å². The van der Waals surface area contributed by atoms with Gasteiger partial charge in [0.05, 0.1) is 10.5 Å². The molecule has 0 unspecified atom stereocenters. The molecule has 2 aliphatic heterocycles. The van der Waals surface area contributed by atoms with Crippen LogP contribution < -0.4 is 5.32 Å². The van der Waals surface area contributed by atoms with Gasteiger partial charge in [0.1, 0.15) is 0 Å². The van der Waals surface area contributed by atoms with E-state index in [1.165, 1.54) is 17.0 Å². The minimum Gasteiger partial charge on any atom is -0.380 e. The van der Waals surface area contributed by atoms with E-state index in [0.29, 0.717) is 34.8 Å². The van der Waals surface area contributed by atoms with Crippen molar-refractivity contribution in [2.24, 2.45) is 0 Å². The third kappa shape index (κ3) is 6.55. The summed E-state index contributed by atoms with van der Waals surface area (Å²) in [5, 5.41) is 10.8. The smallest absolute Gasteiger partial charge is 0.380 e. The van der Waals surface area contributed by atoms with E-state index in [0.717, 1.165) is 43.8 Å². The Morgan fingerprint density at radius 3 is 2.54 bits per heavy atom. The second-order valence-electron chi connectivity index (χ2n) is 8.96. The number of amides is 2. The number of thioether (sulfide) groups is 1. The Labute approximate surface area is 222 Å². The lowest BCUT2D eigenvalue weighted by Crippen LogP contribution is -2.36. The number of benzene rings is 2. The van der Waals surface area contributed by atoms with Gasteiger partial charge in [-0.1, -0.05) is 23.7 Å². The van der Waals surface area contributed by atoms with Crippen molar-refractivity contribution in [1.29, 1.82) is 5.41 Å². The van der Waals surface area contributed by atoms with Gasteiger partial charge >= 0.3 is 6.18 Å². The van der Waals surface area contributed by atoms with Gasteiger partial charge in [-0.3, -0.25) is 14.5 Å². The first-order valence-corrected chi connectivity index (χ1v) is 13.0. The number of carbonyl (C=O) groups excluding carboxylic acids is 2. The normalized spacial score (nSPS) is 17.8.